The van der Waals surface area contributed by atoms with Gasteiger partial charge in [-0.15, -0.1) is 11.6 Å². The van der Waals surface area contributed by atoms with E-state index in [1.807, 2.05) is 0 Å². The predicted octanol–water partition coefficient (Wildman–Crippen LogP) is 3.79. The maximum Gasteiger partial charge on any atom is 0.296 e. The molecule has 2 aromatic heterocycles. The maximum atomic E-state index is 14.2. The highest BCUT2D eigenvalue weighted by Gasteiger charge is 2.35. The molecule has 0 bridgehead atoms. The van der Waals surface area contributed by atoms with Crippen LogP contribution in [0.3, 0.4) is 0 Å². The van der Waals surface area contributed by atoms with Gasteiger partial charge in [0.25, 0.3) is 25.8 Å². The monoisotopic (exact) mass is 708 g/mol. The molecule has 6 rings (SSSR count). The van der Waals surface area contributed by atoms with Gasteiger partial charge in [0.15, 0.2) is 11.6 Å². The number of hydrogen-bond acceptors (Lipinski definition) is 10. The van der Waals surface area contributed by atoms with Crippen molar-refractivity contribution in [3.05, 3.63) is 106 Å². The van der Waals surface area contributed by atoms with Crippen molar-refractivity contribution in [2.45, 2.75) is 9.79 Å². The van der Waals surface area contributed by atoms with Crippen LogP contribution in [0, 0.1) is 0 Å². The second-order valence-corrected chi connectivity index (χ2v) is 13.6. The molecule has 0 fully saturated rings. The molecular weight excluding hydrogens is 688 g/mol. The second kappa shape index (κ2) is 11.8. The Morgan fingerprint density at radius 3 is 2.08 bits per heavy atom. The first kappa shape index (κ1) is 32.7. The molecular formula is C31H21ClN4O10S2. The number of nitrogens with zero attached hydrogens (tertiary/aromatic N) is 2. The molecule has 1 aliphatic carbocycles. The third kappa shape index (κ3) is 5.44. The van der Waals surface area contributed by atoms with Crippen molar-refractivity contribution >= 4 is 77.3 Å². The van der Waals surface area contributed by atoms with Crippen molar-refractivity contribution in [3.8, 4) is 11.1 Å². The van der Waals surface area contributed by atoms with Crippen LogP contribution >= 0.6 is 11.6 Å². The summed E-state index contributed by atoms with van der Waals surface area (Å²) in [6.07, 6.45) is 2.78. The number of fused-ring (bicyclic) bond motifs is 2. The lowest BCUT2D eigenvalue weighted by molar-refractivity contribution is -0.113. The zero-order valence-corrected chi connectivity index (χ0v) is 26.8. The zero-order chi connectivity index (χ0) is 34.7. The Hall–Kier alpha value is -5.26. The van der Waals surface area contributed by atoms with E-state index in [1.165, 1.54) is 54.3 Å². The average molecular weight is 709 g/mol. The van der Waals surface area contributed by atoms with Gasteiger partial charge in [-0.3, -0.25) is 33.3 Å². The molecule has 3 aromatic carbocycles. The minimum absolute atomic E-state index is 0.0802. The fraction of sp³-hybridized carbons (Fsp3) is 0.0645. The summed E-state index contributed by atoms with van der Waals surface area (Å²) in [6.45, 7) is 0. The summed E-state index contributed by atoms with van der Waals surface area (Å²) < 4.78 is 70.3. The van der Waals surface area contributed by atoms with Crippen molar-refractivity contribution in [1.82, 2.24) is 9.55 Å². The molecule has 5 aromatic rings. The molecule has 0 saturated carbocycles. The first-order valence-corrected chi connectivity index (χ1v) is 17.1. The number of benzene rings is 3. The minimum Gasteiger partial charge on any atom is -0.354 e. The number of nitrogens with one attached hydrogen (secondary N) is 2. The fourth-order valence-corrected chi connectivity index (χ4v) is 7.10. The predicted molar refractivity (Wildman–Crippen MR) is 174 cm³/mol. The van der Waals surface area contributed by atoms with Crippen LogP contribution in [0.4, 0.5) is 17.1 Å². The molecule has 0 unspecified atom stereocenters. The fourth-order valence-electron chi connectivity index (χ4n) is 5.65. The Morgan fingerprint density at radius 2 is 1.46 bits per heavy atom. The summed E-state index contributed by atoms with van der Waals surface area (Å²) in [5, 5.41) is 5.05. The van der Waals surface area contributed by atoms with E-state index in [-0.39, 0.29) is 44.4 Å². The number of anilines is 3. The molecule has 1 aliphatic rings. The smallest absolute Gasteiger partial charge is 0.296 e. The number of alkyl halides is 1. The average Bonchev–Trinajstić information content (AvgIpc) is 3.04. The number of carbonyl (C=O) groups is 3. The van der Waals surface area contributed by atoms with E-state index >= 15 is 0 Å². The summed E-state index contributed by atoms with van der Waals surface area (Å²) in [5.74, 6) is -2.78. The summed E-state index contributed by atoms with van der Waals surface area (Å²) in [5.41, 5.74) is -1.21. The second-order valence-electron chi connectivity index (χ2n) is 10.5. The molecule has 48 heavy (non-hydrogen) atoms. The number of rotatable bonds is 8. The number of amides is 1. The molecule has 0 radical (unpaired) electrons. The van der Waals surface area contributed by atoms with Crippen molar-refractivity contribution in [3.63, 3.8) is 0 Å². The summed E-state index contributed by atoms with van der Waals surface area (Å²) in [6, 6.07) is 13.2. The molecule has 14 nitrogen and oxygen atoms in total. The molecule has 2 heterocycles. The van der Waals surface area contributed by atoms with Gasteiger partial charge in [0.1, 0.15) is 15.7 Å². The van der Waals surface area contributed by atoms with Gasteiger partial charge in [-0.05, 0) is 42.0 Å². The zero-order valence-electron chi connectivity index (χ0n) is 24.4. The first-order valence-electron chi connectivity index (χ1n) is 13.7. The molecule has 1 amide bonds. The number of carbonyl (C=O) groups excluding carboxylic acids is 3. The van der Waals surface area contributed by atoms with Crippen molar-refractivity contribution in [2.75, 3.05) is 16.5 Å². The first-order chi connectivity index (χ1) is 22.6. The van der Waals surface area contributed by atoms with Gasteiger partial charge in [-0.1, -0.05) is 24.3 Å². The summed E-state index contributed by atoms with van der Waals surface area (Å²) in [7, 11) is -8.97. The summed E-state index contributed by atoms with van der Waals surface area (Å²) in [4.78, 5) is 55.8. The van der Waals surface area contributed by atoms with Gasteiger partial charge in [-0.25, -0.2) is 0 Å². The van der Waals surface area contributed by atoms with Gasteiger partial charge < -0.3 is 15.2 Å². The van der Waals surface area contributed by atoms with E-state index < -0.39 is 70.3 Å². The van der Waals surface area contributed by atoms with Crippen LogP contribution < -0.4 is 16.2 Å². The van der Waals surface area contributed by atoms with Crippen LogP contribution in [0.15, 0.2) is 87.6 Å². The van der Waals surface area contributed by atoms with Crippen molar-refractivity contribution < 1.29 is 40.3 Å². The van der Waals surface area contributed by atoms with Gasteiger partial charge in [0, 0.05) is 41.5 Å². The quantitative estimate of drug-likeness (QED) is 0.101. The number of pyridine rings is 2. The van der Waals surface area contributed by atoms with Crippen LogP contribution in [-0.4, -0.2) is 58.8 Å². The number of aryl methyl sites for hydroxylation is 1. The molecule has 244 valence electrons. The molecule has 0 saturated heterocycles. The van der Waals surface area contributed by atoms with Crippen molar-refractivity contribution in [2.24, 2.45) is 7.05 Å². The SMILES string of the molecule is Cn1c(=O)c(C(=O)c2ccncc2)c2c3c(c(Nc4cc(NC(=O)CCl)c(S(=O)(=O)O)cc4S(=O)(=O)O)ccc31)C(=O)c1ccccc1-2. The molecule has 4 N–H and O–H groups in total. The third-order valence-corrected chi connectivity index (χ3v) is 9.73. The maximum absolute atomic E-state index is 14.2. The normalized spacial score (nSPS) is 12.5. The highest BCUT2D eigenvalue weighted by atomic mass is 35.5. The number of hydrogen-bond donors (Lipinski definition) is 4. The van der Waals surface area contributed by atoms with Gasteiger partial charge >= 0.3 is 0 Å². The number of ketones is 2. The standard InChI is InChI=1S/C31H21ClN4O10S2/c1-36-21-7-6-18(34-19-12-20(35-24(37)14-32)23(48(44,45)46)13-22(19)47(41,42)43)26-27(21)25(16-4-2-3-5-17(16)30(26)39)28(31(36)40)29(38)15-8-10-33-11-9-15/h2-13,34H,14H2,1H3,(H,35,37)(H,41,42,43)(H,44,45,46). The van der Waals surface area contributed by atoms with Gasteiger partial charge in [-0.2, -0.15) is 16.8 Å². The van der Waals surface area contributed by atoms with Crippen LogP contribution in [0.1, 0.15) is 31.8 Å². The van der Waals surface area contributed by atoms with Crippen molar-refractivity contribution in [1.29, 1.82) is 0 Å². The Balaban J connectivity index is 1.69. The molecule has 17 heteroatoms. The lowest BCUT2D eigenvalue weighted by atomic mass is 9.80. The number of aromatic nitrogens is 2. The molecule has 0 spiro atoms. The van der Waals surface area contributed by atoms with E-state index in [1.54, 1.807) is 18.2 Å². The van der Waals surface area contributed by atoms with Gasteiger partial charge in [0.05, 0.1) is 33.7 Å². The van der Waals surface area contributed by atoms with E-state index in [2.05, 4.69) is 15.6 Å². The lowest BCUT2D eigenvalue weighted by Crippen LogP contribution is -2.29. The Bertz CT molecular complexity index is 2530. The largest absolute Gasteiger partial charge is 0.354 e. The Morgan fingerprint density at radius 1 is 0.833 bits per heavy atom. The Labute approximate surface area is 276 Å². The van der Waals surface area contributed by atoms with Gasteiger partial charge in [0.2, 0.25) is 5.91 Å². The van der Waals surface area contributed by atoms with E-state index in [0.717, 1.165) is 6.07 Å². The lowest BCUT2D eigenvalue weighted by Gasteiger charge is -2.26. The van der Waals surface area contributed by atoms with E-state index in [0.29, 0.717) is 11.6 Å². The molecule has 0 aliphatic heterocycles. The third-order valence-electron chi connectivity index (χ3n) is 7.70. The highest BCUT2D eigenvalue weighted by Crippen LogP contribution is 2.45. The van der Waals surface area contributed by atoms with Crippen LogP contribution in [0.2, 0.25) is 0 Å². The molecule has 0 atom stereocenters. The Kier molecular flexibility index (Phi) is 8.01. The minimum atomic E-state index is -5.22. The summed E-state index contributed by atoms with van der Waals surface area (Å²) >= 11 is 5.55. The van der Waals surface area contributed by atoms with E-state index in [4.69, 9.17) is 11.6 Å². The van der Waals surface area contributed by atoms with E-state index in [9.17, 15) is 45.1 Å². The number of halogens is 1. The van der Waals surface area contributed by atoms with Crippen LogP contribution in [-0.2, 0) is 32.1 Å². The van der Waals surface area contributed by atoms with Crippen LogP contribution in [0.5, 0.6) is 0 Å². The van der Waals surface area contributed by atoms with Crippen LogP contribution in [0.25, 0.3) is 22.0 Å². The highest BCUT2D eigenvalue weighted by molar-refractivity contribution is 7.86. The topological polar surface area (TPSA) is 219 Å².